The van der Waals surface area contributed by atoms with E-state index in [0.717, 1.165) is 44.3 Å². The van der Waals surface area contributed by atoms with Gasteiger partial charge in [0.25, 0.3) is 0 Å². The van der Waals surface area contributed by atoms with E-state index in [0.29, 0.717) is 6.54 Å². The molecule has 2 aromatic heterocycles. The van der Waals surface area contributed by atoms with Crippen molar-refractivity contribution in [2.24, 2.45) is 0 Å². The number of ether oxygens (including phenoxy) is 1. The van der Waals surface area contributed by atoms with Gasteiger partial charge in [-0.05, 0) is 38.0 Å². The molecule has 0 fully saturated rings. The topological polar surface area (TPSA) is 52.8 Å². The maximum atomic E-state index is 6.25. The van der Waals surface area contributed by atoms with Gasteiger partial charge in [-0.15, -0.1) is 28.1 Å². The zero-order valence-corrected chi connectivity index (χ0v) is 20.1. The summed E-state index contributed by atoms with van der Waals surface area (Å²) in [6.07, 6.45) is 1.62. The number of rotatable bonds is 9. The third-order valence-corrected chi connectivity index (χ3v) is 7.14. The monoisotopic (exact) mass is 462 g/mol. The second-order valence-electron chi connectivity index (χ2n) is 7.50. The average molecular weight is 463 g/mol. The normalized spacial score (nSPS) is 12.0. The molecule has 2 heterocycles. The molecular formula is C25H26N4OS2. The van der Waals surface area contributed by atoms with Crippen LogP contribution >= 0.6 is 23.1 Å². The molecule has 1 unspecified atom stereocenters. The molecule has 0 N–H and O–H groups in total. The lowest BCUT2D eigenvalue weighted by Crippen LogP contribution is -2.12. The lowest BCUT2D eigenvalue weighted by atomic mass is 10.1. The van der Waals surface area contributed by atoms with Crippen molar-refractivity contribution in [2.75, 3.05) is 0 Å². The predicted octanol–water partition coefficient (Wildman–Crippen LogP) is 6.64. The van der Waals surface area contributed by atoms with Crippen molar-refractivity contribution >= 4 is 23.1 Å². The minimum atomic E-state index is -0.235. The van der Waals surface area contributed by atoms with Crippen molar-refractivity contribution in [2.45, 2.75) is 44.3 Å². The maximum absolute atomic E-state index is 6.25. The summed E-state index contributed by atoms with van der Waals surface area (Å²) < 4.78 is 8.32. The second-order valence-corrected chi connectivity index (χ2v) is 9.30. The van der Waals surface area contributed by atoms with E-state index in [9.17, 15) is 0 Å². The molecule has 164 valence electrons. The van der Waals surface area contributed by atoms with Crippen molar-refractivity contribution in [3.8, 4) is 16.3 Å². The molecule has 7 heteroatoms. The maximum Gasteiger partial charge on any atom is 0.192 e. The number of aryl methyl sites for hydroxylation is 1. The zero-order valence-electron chi connectivity index (χ0n) is 18.5. The molecule has 1 atom stereocenters. The summed E-state index contributed by atoms with van der Waals surface area (Å²) in [6.45, 7) is 10.7. The van der Waals surface area contributed by atoms with E-state index in [4.69, 9.17) is 9.72 Å². The fraction of sp³-hybridized carbons (Fsp3) is 0.240. The molecule has 0 saturated heterocycles. The summed E-state index contributed by atoms with van der Waals surface area (Å²) in [4.78, 5) is 4.78. The molecule has 0 aliphatic carbocycles. The fourth-order valence-corrected chi connectivity index (χ4v) is 5.11. The molecule has 5 nitrogen and oxygen atoms in total. The number of hydrogen-bond donors (Lipinski definition) is 0. The molecule has 4 rings (SSSR count). The Labute approximate surface area is 197 Å². The largest absolute Gasteiger partial charge is 0.482 e. The van der Waals surface area contributed by atoms with Crippen molar-refractivity contribution < 1.29 is 4.74 Å². The summed E-state index contributed by atoms with van der Waals surface area (Å²) in [5, 5.41) is 12.9. The molecule has 0 spiro atoms. The molecular weight excluding hydrogens is 436 g/mol. The third-order valence-electron chi connectivity index (χ3n) is 5.20. The fourth-order valence-electron chi connectivity index (χ4n) is 3.33. The number of nitrogens with zero attached hydrogens (tertiary/aromatic N) is 4. The van der Waals surface area contributed by atoms with E-state index in [1.807, 2.05) is 43.3 Å². The molecule has 4 aromatic rings. The quantitative estimate of drug-likeness (QED) is 0.206. The lowest BCUT2D eigenvalue weighted by molar-refractivity contribution is 0.209. The number of thiazole rings is 1. The first-order chi connectivity index (χ1) is 15.6. The van der Waals surface area contributed by atoms with Gasteiger partial charge in [0, 0.05) is 23.2 Å². The third kappa shape index (κ3) is 4.95. The summed E-state index contributed by atoms with van der Waals surface area (Å²) in [6, 6.07) is 16.3. The number of allylic oxidation sites excluding steroid dienone is 1. The Kier molecular flexibility index (Phi) is 7.07. The van der Waals surface area contributed by atoms with Gasteiger partial charge in [0.15, 0.2) is 17.1 Å². The average Bonchev–Trinajstić information content (AvgIpc) is 3.44. The molecule has 0 amide bonds. The summed E-state index contributed by atoms with van der Waals surface area (Å²) in [5.74, 6) is 2.39. The minimum Gasteiger partial charge on any atom is -0.482 e. The van der Waals surface area contributed by atoms with Crippen LogP contribution in [0.25, 0.3) is 10.6 Å². The van der Waals surface area contributed by atoms with E-state index in [-0.39, 0.29) is 6.10 Å². The van der Waals surface area contributed by atoms with E-state index < -0.39 is 0 Å². The van der Waals surface area contributed by atoms with Gasteiger partial charge in [0.2, 0.25) is 0 Å². The minimum absolute atomic E-state index is 0.235. The molecule has 0 aliphatic heterocycles. The van der Waals surface area contributed by atoms with Crippen LogP contribution in [0.4, 0.5) is 0 Å². The zero-order chi connectivity index (χ0) is 22.5. The molecule has 0 aliphatic rings. The molecule has 0 radical (unpaired) electrons. The predicted molar refractivity (Wildman–Crippen MR) is 132 cm³/mol. The van der Waals surface area contributed by atoms with Crippen molar-refractivity contribution in [3.05, 3.63) is 89.2 Å². The smallest absolute Gasteiger partial charge is 0.192 e. The van der Waals surface area contributed by atoms with Crippen LogP contribution < -0.4 is 4.74 Å². The first-order valence-corrected chi connectivity index (χ1v) is 12.3. The molecule has 0 bridgehead atoms. The summed E-state index contributed by atoms with van der Waals surface area (Å²) >= 11 is 3.29. The highest BCUT2D eigenvalue weighted by Gasteiger charge is 2.20. The van der Waals surface area contributed by atoms with Crippen LogP contribution in [0.2, 0.25) is 0 Å². The van der Waals surface area contributed by atoms with Gasteiger partial charge < -0.3 is 4.74 Å². The van der Waals surface area contributed by atoms with Gasteiger partial charge in [0.1, 0.15) is 10.8 Å². The highest BCUT2D eigenvalue weighted by atomic mass is 32.2. The van der Waals surface area contributed by atoms with Gasteiger partial charge in [0.05, 0.1) is 5.69 Å². The van der Waals surface area contributed by atoms with Crippen LogP contribution in [-0.4, -0.2) is 19.7 Å². The van der Waals surface area contributed by atoms with E-state index in [1.54, 1.807) is 23.1 Å². The Morgan fingerprint density at radius 3 is 2.72 bits per heavy atom. The van der Waals surface area contributed by atoms with Crippen LogP contribution in [0.3, 0.4) is 0 Å². The second kappa shape index (κ2) is 10.1. The van der Waals surface area contributed by atoms with Gasteiger partial charge in [-0.25, -0.2) is 4.98 Å². The van der Waals surface area contributed by atoms with Gasteiger partial charge in [-0.2, -0.15) is 0 Å². The lowest BCUT2D eigenvalue weighted by Gasteiger charge is -2.17. The van der Waals surface area contributed by atoms with E-state index in [1.165, 1.54) is 5.56 Å². The van der Waals surface area contributed by atoms with Crippen molar-refractivity contribution in [1.29, 1.82) is 0 Å². The number of aromatic nitrogens is 4. The van der Waals surface area contributed by atoms with Gasteiger partial charge >= 0.3 is 0 Å². The van der Waals surface area contributed by atoms with Crippen LogP contribution in [0, 0.1) is 13.8 Å². The SMILES string of the molecule is C=CCn1c(SCc2csc(-c3ccccc3)n2)nnc1C(C)Oc1cccc(C)c1C. The molecule has 0 saturated carbocycles. The van der Waals surface area contributed by atoms with E-state index >= 15 is 0 Å². The summed E-state index contributed by atoms with van der Waals surface area (Å²) in [5.41, 5.74) is 4.52. The number of hydrogen-bond acceptors (Lipinski definition) is 6. The summed E-state index contributed by atoms with van der Waals surface area (Å²) in [7, 11) is 0. The Hall–Kier alpha value is -2.90. The highest BCUT2D eigenvalue weighted by molar-refractivity contribution is 7.98. The van der Waals surface area contributed by atoms with Gasteiger partial charge in [-0.3, -0.25) is 4.57 Å². The Balaban J connectivity index is 1.49. The Bertz CT molecular complexity index is 1200. The first-order valence-electron chi connectivity index (χ1n) is 10.5. The van der Waals surface area contributed by atoms with E-state index in [2.05, 4.69) is 58.8 Å². The first kappa shape index (κ1) is 22.3. The Morgan fingerprint density at radius 1 is 1.12 bits per heavy atom. The molecule has 32 heavy (non-hydrogen) atoms. The van der Waals surface area contributed by atoms with Crippen molar-refractivity contribution in [3.63, 3.8) is 0 Å². The number of thioether (sulfide) groups is 1. The van der Waals surface area contributed by atoms with Crippen LogP contribution in [0.5, 0.6) is 5.75 Å². The number of benzene rings is 2. The Morgan fingerprint density at radius 2 is 1.94 bits per heavy atom. The standard InChI is InChI=1S/C25H26N4OS2/c1-5-14-29-23(19(4)30-22-13-9-10-17(2)18(22)3)27-28-25(29)32-16-21-15-31-24(26-21)20-11-7-6-8-12-20/h5-13,15,19H,1,14,16H2,2-4H3. The molecule has 2 aromatic carbocycles. The van der Waals surface area contributed by atoms with Crippen LogP contribution in [0.1, 0.15) is 35.7 Å². The van der Waals surface area contributed by atoms with Crippen LogP contribution in [-0.2, 0) is 12.3 Å². The van der Waals surface area contributed by atoms with Crippen LogP contribution in [0.15, 0.2) is 71.7 Å². The van der Waals surface area contributed by atoms with Crippen molar-refractivity contribution in [1.82, 2.24) is 19.7 Å². The van der Waals surface area contributed by atoms with Gasteiger partial charge in [-0.1, -0.05) is 60.3 Å². The highest BCUT2D eigenvalue weighted by Crippen LogP contribution is 2.30.